The van der Waals surface area contributed by atoms with Gasteiger partial charge in [0, 0.05) is 23.6 Å². The lowest BCUT2D eigenvalue weighted by molar-refractivity contribution is -0.384. The Morgan fingerprint density at radius 2 is 2.38 bits per heavy atom. The third-order valence-electron chi connectivity index (χ3n) is 2.30. The molecule has 9 heteroatoms. The van der Waals surface area contributed by atoms with Crippen LogP contribution in [0.25, 0.3) is 0 Å². The number of nitro groups is 1. The lowest BCUT2D eigenvalue weighted by atomic mass is 10.2. The Balaban J connectivity index is 2.19. The van der Waals surface area contributed by atoms with Crippen LogP contribution in [0.3, 0.4) is 0 Å². The minimum atomic E-state index is -0.530. The summed E-state index contributed by atoms with van der Waals surface area (Å²) in [6, 6.07) is 6.11. The Labute approximate surface area is 128 Å². The fourth-order valence-corrected chi connectivity index (χ4v) is 3.16. The van der Waals surface area contributed by atoms with Crippen LogP contribution in [-0.4, -0.2) is 21.7 Å². The summed E-state index contributed by atoms with van der Waals surface area (Å²) in [7, 11) is 0. The molecule has 0 saturated carbocycles. The Bertz CT molecular complexity index is 723. The summed E-state index contributed by atoms with van der Waals surface area (Å²) in [4.78, 5) is 10.8. The fraction of sp³-hybridized carbons (Fsp3) is 0.0833. The van der Waals surface area contributed by atoms with Crippen LogP contribution in [0, 0.1) is 21.4 Å². The third-order valence-corrected chi connectivity index (χ3v) is 4.30. The van der Waals surface area contributed by atoms with Crippen molar-refractivity contribution < 1.29 is 4.92 Å². The van der Waals surface area contributed by atoms with E-state index in [0.717, 1.165) is 0 Å². The summed E-state index contributed by atoms with van der Waals surface area (Å²) >= 11 is 2.58. The molecule has 1 N–H and O–H groups in total. The summed E-state index contributed by atoms with van der Waals surface area (Å²) in [5, 5.41) is 31.4. The van der Waals surface area contributed by atoms with Crippen LogP contribution in [0.15, 0.2) is 40.1 Å². The predicted molar refractivity (Wildman–Crippen MR) is 80.5 cm³/mol. The molecule has 0 bridgehead atoms. The van der Waals surface area contributed by atoms with Crippen molar-refractivity contribution >= 4 is 33.9 Å². The van der Waals surface area contributed by atoms with Crippen molar-refractivity contribution in [3.8, 4) is 6.07 Å². The van der Waals surface area contributed by atoms with Crippen molar-refractivity contribution in [3.63, 3.8) is 0 Å². The van der Waals surface area contributed by atoms with E-state index in [-0.39, 0.29) is 11.3 Å². The number of non-ortho nitro benzene ring substituents is 1. The number of nitro benzene ring substituents is 1. The number of aromatic nitrogens is 2. The first-order valence-electron chi connectivity index (χ1n) is 5.68. The van der Waals surface area contributed by atoms with E-state index in [2.05, 4.69) is 22.1 Å². The van der Waals surface area contributed by atoms with Gasteiger partial charge in [-0.2, -0.15) is 5.26 Å². The summed E-state index contributed by atoms with van der Waals surface area (Å²) in [6.07, 6.45) is 1.71. The van der Waals surface area contributed by atoms with Crippen LogP contribution in [0.1, 0.15) is 5.56 Å². The molecular formula is C12H9N5O2S2. The van der Waals surface area contributed by atoms with Gasteiger partial charge in [0.15, 0.2) is 4.34 Å². The molecule has 0 aliphatic rings. The number of hydrogen-bond acceptors (Lipinski definition) is 8. The highest BCUT2D eigenvalue weighted by atomic mass is 32.2. The summed E-state index contributed by atoms with van der Waals surface area (Å²) in [5.74, 6) is 0. The highest BCUT2D eigenvalue weighted by Gasteiger charge is 2.13. The van der Waals surface area contributed by atoms with Gasteiger partial charge < -0.3 is 5.32 Å². The smallest absolute Gasteiger partial charge is 0.270 e. The average Bonchev–Trinajstić information content (AvgIpc) is 2.92. The first-order chi connectivity index (χ1) is 10.1. The van der Waals surface area contributed by atoms with Gasteiger partial charge in [-0.1, -0.05) is 29.2 Å². The molecule has 2 aromatic rings. The first-order valence-corrected chi connectivity index (χ1v) is 7.32. The molecule has 0 radical (unpaired) electrons. The maximum absolute atomic E-state index is 10.7. The molecule has 0 unspecified atom stereocenters. The zero-order valence-electron chi connectivity index (χ0n) is 10.6. The van der Waals surface area contributed by atoms with Gasteiger partial charge in [0.1, 0.15) is 6.07 Å². The summed E-state index contributed by atoms with van der Waals surface area (Å²) in [5.41, 5.74) is 0.131. The zero-order valence-corrected chi connectivity index (χ0v) is 12.3. The molecule has 7 nitrogen and oxygen atoms in total. The standard InChI is InChI=1S/C12H9N5O2S2/c1-2-5-14-11-15-16-12(21-11)20-10-4-3-9(17(18)19)6-8(10)7-13/h2-4,6H,1,5H2,(H,14,15). The van der Waals surface area contributed by atoms with Crippen LogP contribution in [0.5, 0.6) is 0 Å². The number of anilines is 1. The SMILES string of the molecule is C=CCNc1nnc(Sc2ccc([N+](=O)[O-])cc2C#N)s1. The first kappa shape index (κ1) is 15.0. The quantitative estimate of drug-likeness (QED) is 0.495. The second-order valence-corrected chi connectivity index (χ2v) is 5.96. The van der Waals surface area contributed by atoms with Crippen molar-refractivity contribution in [2.24, 2.45) is 0 Å². The normalized spacial score (nSPS) is 9.86. The number of benzene rings is 1. The monoisotopic (exact) mass is 319 g/mol. The van der Waals surface area contributed by atoms with Gasteiger partial charge in [-0.25, -0.2) is 0 Å². The number of nitrogens with zero attached hydrogens (tertiary/aromatic N) is 4. The van der Waals surface area contributed by atoms with Crippen LogP contribution >= 0.6 is 23.1 Å². The molecule has 0 atom stereocenters. The van der Waals surface area contributed by atoms with Gasteiger partial charge >= 0.3 is 0 Å². The van der Waals surface area contributed by atoms with Crippen LogP contribution < -0.4 is 5.32 Å². The van der Waals surface area contributed by atoms with Crippen molar-refractivity contribution in [1.82, 2.24) is 10.2 Å². The zero-order chi connectivity index (χ0) is 15.2. The molecule has 1 aromatic heterocycles. The molecule has 21 heavy (non-hydrogen) atoms. The topological polar surface area (TPSA) is 105 Å². The van der Waals surface area contributed by atoms with Crippen molar-refractivity contribution in [3.05, 3.63) is 46.5 Å². The molecule has 106 valence electrons. The van der Waals surface area contributed by atoms with Gasteiger partial charge in [-0.15, -0.1) is 16.8 Å². The Morgan fingerprint density at radius 1 is 1.57 bits per heavy atom. The molecule has 0 amide bonds. The maximum atomic E-state index is 10.7. The van der Waals surface area contributed by atoms with E-state index in [1.165, 1.54) is 35.2 Å². The molecule has 0 spiro atoms. The molecule has 0 aliphatic carbocycles. The molecule has 1 heterocycles. The van der Waals surface area contributed by atoms with Crippen LogP contribution in [0.2, 0.25) is 0 Å². The molecular weight excluding hydrogens is 310 g/mol. The molecule has 1 aromatic carbocycles. The van der Waals surface area contributed by atoms with Crippen molar-refractivity contribution in [2.45, 2.75) is 9.24 Å². The average molecular weight is 319 g/mol. The van der Waals surface area contributed by atoms with E-state index in [4.69, 9.17) is 5.26 Å². The predicted octanol–water partition coefficient (Wildman–Crippen LogP) is 3.07. The highest BCUT2D eigenvalue weighted by Crippen LogP contribution is 2.35. The van der Waals surface area contributed by atoms with Crippen LogP contribution in [-0.2, 0) is 0 Å². The van der Waals surface area contributed by atoms with E-state index in [1.807, 2.05) is 6.07 Å². The number of nitriles is 1. The van der Waals surface area contributed by atoms with Gasteiger partial charge in [-0.05, 0) is 6.07 Å². The lowest BCUT2D eigenvalue weighted by Gasteiger charge is -2.00. The highest BCUT2D eigenvalue weighted by molar-refractivity contribution is 8.01. The minimum absolute atomic E-state index is 0.110. The molecule has 0 fully saturated rings. The number of rotatable bonds is 6. The van der Waals surface area contributed by atoms with E-state index in [9.17, 15) is 10.1 Å². The van der Waals surface area contributed by atoms with Gasteiger partial charge in [0.05, 0.1) is 10.5 Å². The maximum Gasteiger partial charge on any atom is 0.270 e. The Hall–Kier alpha value is -2.44. The van der Waals surface area contributed by atoms with Crippen molar-refractivity contribution in [2.75, 3.05) is 11.9 Å². The second-order valence-electron chi connectivity index (χ2n) is 3.69. The number of nitrogens with one attached hydrogen (secondary N) is 1. The van der Waals surface area contributed by atoms with Gasteiger partial charge in [0.25, 0.3) is 5.69 Å². The second kappa shape index (κ2) is 6.83. The Kier molecular flexibility index (Phi) is 4.86. The van der Waals surface area contributed by atoms with Gasteiger partial charge in [-0.3, -0.25) is 10.1 Å². The molecule has 0 aliphatic heterocycles. The lowest BCUT2D eigenvalue weighted by Crippen LogP contribution is -1.96. The molecule has 2 rings (SSSR count). The van der Waals surface area contributed by atoms with Crippen LogP contribution in [0.4, 0.5) is 10.8 Å². The Morgan fingerprint density at radius 3 is 3.05 bits per heavy atom. The third kappa shape index (κ3) is 3.77. The van der Waals surface area contributed by atoms with E-state index < -0.39 is 4.92 Å². The number of hydrogen-bond donors (Lipinski definition) is 1. The summed E-state index contributed by atoms with van der Waals surface area (Å²) < 4.78 is 0.645. The fourth-order valence-electron chi connectivity index (χ4n) is 1.38. The molecule has 0 saturated heterocycles. The van der Waals surface area contributed by atoms with Gasteiger partial charge in [0.2, 0.25) is 5.13 Å². The van der Waals surface area contributed by atoms with Crippen molar-refractivity contribution in [1.29, 1.82) is 5.26 Å². The van der Waals surface area contributed by atoms with E-state index in [1.54, 1.807) is 12.1 Å². The van der Waals surface area contributed by atoms with E-state index >= 15 is 0 Å². The summed E-state index contributed by atoms with van der Waals surface area (Å²) in [6.45, 7) is 4.18. The minimum Gasteiger partial charge on any atom is -0.357 e. The largest absolute Gasteiger partial charge is 0.357 e. The van der Waals surface area contributed by atoms with E-state index in [0.29, 0.717) is 20.9 Å².